The molecule has 0 aromatic heterocycles. The van der Waals surface area contributed by atoms with Gasteiger partial charge in [0, 0.05) is 11.1 Å². The highest BCUT2D eigenvalue weighted by Crippen LogP contribution is 2.30. The van der Waals surface area contributed by atoms with Crippen LogP contribution in [0.2, 0.25) is 0 Å². The summed E-state index contributed by atoms with van der Waals surface area (Å²) in [6.07, 6.45) is -5.86. The lowest BCUT2D eigenvalue weighted by Gasteiger charge is -2.18. The largest absolute Gasteiger partial charge is 0.445 e. The van der Waals surface area contributed by atoms with Gasteiger partial charge in [-0.1, -0.05) is 66.7 Å². The van der Waals surface area contributed by atoms with Gasteiger partial charge in [-0.15, -0.1) is 0 Å². The van der Waals surface area contributed by atoms with Gasteiger partial charge < -0.3 is 4.74 Å². The minimum absolute atomic E-state index is 0.281. The maximum atomic E-state index is 12.9. The molecule has 0 amide bonds. The summed E-state index contributed by atoms with van der Waals surface area (Å²) < 4.78 is 44.1. The molecule has 0 saturated heterocycles. The highest BCUT2D eigenvalue weighted by molar-refractivity contribution is 6.02. The van der Waals surface area contributed by atoms with E-state index >= 15 is 0 Å². The first kappa shape index (κ1) is 19.4. The van der Waals surface area contributed by atoms with Crippen LogP contribution >= 0.6 is 0 Å². The van der Waals surface area contributed by atoms with E-state index in [-0.39, 0.29) is 5.56 Å². The van der Waals surface area contributed by atoms with Gasteiger partial charge in [0.1, 0.15) is 0 Å². The van der Waals surface area contributed by atoms with Crippen LogP contribution in [-0.2, 0) is 10.9 Å². The molecule has 6 heteroatoms. The summed E-state index contributed by atoms with van der Waals surface area (Å²) >= 11 is 0. The molecule has 142 valence electrons. The number of carbonyl (C=O) groups is 2. The second-order valence-electron chi connectivity index (χ2n) is 6.00. The number of benzene rings is 3. The number of Topliss-reactive ketones (excluding diaryl/α,β-unsaturated/α-hetero) is 1. The molecule has 3 rings (SSSR count). The van der Waals surface area contributed by atoms with Crippen LogP contribution in [0, 0.1) is 0 Å². The second kappa shape index (κ2) is 8.08. The first-order valence-electron chi connectivity index (χ1n) is 8.39. The first-order chi connectivity index (χ1) is 13.4. The quantitative estimate of drug-likeness (QED) is 0.432. The third-order valence-electron chi connectivity index (χ3n) is 4.05. The summed E-state index contributed by atoms with van der Waals surface area (Å²) in [5.41, 5.74) is -0.492. The van der Waals surface area contributed by atoms with Gasteiger partial charge in [0.15, 0.2) is 6.10 Å². The molecule has 0 saturated carbocycles. The number of rotatable bonds is 5. The molecule has 0 aliphatic carbocycles. The fraction of sp³-hybridized carbons (Fsp3) is 0.0909. The van der Waals surface area contributed by atoms with Crippen LogP contribution < -0.4 is 0 Å². The van der Waals surface area contributed by atoms with E-state index in [2.05, 4.69) is 0 Å². The zero-order valence-corrected chi connectivity index (χ0v) is 14.5. The Hall–Kier alpha value is -3.41. The Balaban J connectivity index is 1.92. The van der Waals surface area contributed by atoms with Crippen molar-refractivity contribution in [1.82, 2.24) is 0 Å². The van der Waals surface area contributed by atoms with Gasteiger partial charge in [0.25, 0.3) is 0 Å². The van der Waals surface area contributed by atoms with Crippen LogP contribution in [-0.4, -0.2) is 11.8 Å². The molecule has 0 N–H and O–H groups in total. The maximum Gasteiger partial charge on any atom is 0.416 e. The summed E-state index contributed by atoms with van der Waals surface area (Å²) in [7, 11) is 0. The predicted octanol–water partition coefficient (Wildman–Crippen LogP) is 5.49. The van der Waals surface area contributed by atoms with Crippen molar-refractivity contribution in [3.8, 4) is 0 Å². The molecule has 0 heterocycles. The van der Waals surface area contributed by atoms with E-state index in [4.69, 9.17) is 4.74 Å². The zero-order chi connectivity index (χ0) is 20.1. The topological polar surface area (TPSA) is 43.4 Å². The Morgan fingerprint density at radius 2 is 1.32 bits per heavy atom. The minimum Gasteiger partial charge on any atom is -0.445 e. The van der Waals surface area contributed by atoms with Crippen LogP contribution in [0.5, 0.6) is 0 Å². The summed E-state index contributed by atoms with van der Waals surface area (Å²) in [5, 5.41) is 0. The van der Waals surface area contributed by atoms with Crippen LogP contribution in [0.25, 0.3) is 0 Å². The first-order valence-corrected chi connectivity index (χ1v) is 8.39. The molecule has 0 fully saturated rings. The van der Waals surface area contributed by atoms with E-state index < -0.39 is 29.6 Å². The molecule has 0 spiro atoms. The summed E-state index contributed by atoms with van der Waals surface area (Å²) in [5.74, 6) is -1.48. The van der Waals surface area contributed by atoms with Crippen LogP contribution in [0.1, 0.15) is 37.9 Å². The van der Waals surface area contributed by atoms with Crippen molar-refractivity contribution >= 4 is 11.8 Å². The smallest absolute Gasteiger partial charge is 0.416 e. The fourth-order valence-electron chi connectivity index (χ4n) is 2.65. The Kier molecular flexibility index (Phi) is 5.59. The van der Waals surface area contributed by atoms with E-state index in [1.807, 2.05) is 0 Å². The molecule has 0 radical (unpaired) electrons. The van der Waals surface area contributed by atoms with Gasteiger partial charge >= 0.3 is 12.1 Å². The fourth-order valence-corrected chi connectivity index (χ4v) is 2.65. The number of hydrogen-bond donors (Lipinski definition) is 0. The average Bonchev–Trinajstić information content (AvgIpc) is 2.72. The van der Waals surface area contributed by atoms with Gasteiger partial charge in [-0.05, 0) is 18.2 Å². The van der Waals surface area contributed by atoms with Crippen LogP contribution in [0.4, 0.5) is 13.2 Å². The van der Waals surface area contributed by atoms with Gasteiger partial charge in [0.05, 0.1) is 11.1 Å². The highest BCUT2D eigenvalue weighted by Gasteiger charge is 2.32. The lowest BCUT2D eigenvalue weighted by atomic mass is 9.99. The van der Waals surface area contributed by atoms with E-state index in [0.717, 1.165) is 12.1 Å². The number of esters is 1. The zero-order valence-electron chi connectivity index (χ0n) is 14.5. The predicted molar refractivity (Wildman–Crippen MR) is 96.8 cm³/mol. The normalized spacial score (nSPS) is 12.2. The van der Waals surface area contributed by atoms with Crippen molar-refractivity contribution < 1.29 is 27.5 Å². The third kappa shape index (κ3) is 4.46. The monoisotopic (exact) mass is 384 g/mol. The van der Waals surface area contributed by atoms with Gasteiger partial charge in [-0.25, -0.2) is 4.79 Å². The summed E-state index contributed by atoms with van der Waals surface area (Å²) in [6.45, 7) is 0. The molecule has 3 nitrogen and oxygen atoms in total. The maximum absolute atomic E-state index is 12.9. The summed E-state index contributed by atoms with van der Waals surface area (Å²) in [4.78, 5) is 25.4. The molecule has 28 heavy (non-hydrogen) atoms. The van der Waals surface area contributed by atoms with E-state index in [1.54, 1.807) is 60.7 Å². The van der Waals surface area contributed by atoms with Gasteiger partial charge in [-0.3, -0.25) is 4.79 Å². The molecule has 1 unspecified atom stereocenters. The van der Waals surface area contributed by atoms with Crippen molar-refractivity contribution in [3.63, 3.8) is 0 Å². The number of alkyl halides is 3. The molecular formula is C22H15F3O3. The van der Waals surface area contributed by atoms with Gasteiger partial charge in [0.2, 0.25) is 5.78 Å². The van der Waals surface area contributed by atoms with Crippen LogP contribution in [0.15, 0.2) is 84.9 Å². The number of hydrogen-bond acceptors (Lipinski definition) is 3. The van der Waals surface area contributed by atoms with Crippen molar-refractivity contribution in [3.05, 3.63) is 107 Å². The molecular weight excluding hydrogens is 369 g/mol. The molecule has 0 bridgehead atoms. The highest BCUT2D eigenvalue weighted by atomic mass is 19.4. The Morgan fingerprint density at radius 1 is 0.750 bits per heavy atom. The van der Waals surface area contributed by atoms with Crippen LogP contribution in [0.3, 0.4) is 0 Å². The SMILES string of the molecule is O=C(OC(C(=O)c1ccccc1)c1ccccc1)c1cccc(C(F)(F)F)c1. The third-order valence-corrected chi connectivity index (χ3v) is 4.05. The Labute approximate surface area is 159 Å². The Morgan fingerprint density at radius 3 is 1.93 bits per heavy atom. The molecule has 3 aromatic carbocycles. The number of ketones is 1. The average molecular weight is 384 g/mol. The molecule has 3 aromatic rings. The summed E-state index contributed by atoms with van der Waals surface area (Å²) in [6, 6.07) is 20.5. The van der Waals surface area contributed by atoms with Crippen molar-refractivity contribution in [1.29, 1.82) is 0 Å². The number of halogens is 3. The second-order valence-corrected chi connectivity index (χ2v) is 6.00. The molecule has 1 atom stereocenters. The van der Waals surface area contributed by atoms with Crippen molar-refractivity contribution in [2.75, 3.05) is 0 Å². The number of ether oxygens (including phenoxy) is 1. The van der Waals surface area contributed by atoms with E-state index in [0.29, 0.717) is 17.2 Å². The van der Waals surface area contributed by atoms with Gasteiger partial charge in [-0.2, -0.15) is 13.2 Å². The van der Waals surface area contributed by atoms with Crippen molar-refractivity contribution in [2.45, 2.75) is 12.3 Å². The minimum atomic E-state index is -4.59. The van der Waals surface area contributed by atoms with Crippen molar-refractivity contribution in [2.24, 2.45) is 0 Å². The lowest BCUT2D eigenvalue weighted by molar-refractivity contribution is -0.137. The molecule has 0 aliphatic rings. The standard InChI is InChI=1S/C22H15F3O3/c23-22(24,25)18-13-7-12-17(14-18)21(27)28-20(16-10-5-2-6-11-16)19(26)15-8-3-1-4-9-15/h1-14,20H. The lowest BCUT2D eigenvalue weighted by Crippen LogP contribution is -2.20. The Bertz CT molecular complexity index is 967. The van der Waals surface area contributed by atoms with E-state index in [9.17, 15) is 22.8 Å². The van der Waals surface area contributed by atoms with E-state index in [1.165, 1.54) is 6.07 Å². The number of carbonyl (C=O) groups excluding carboxylic acids is 2. The molecule has 0 aliphatic heterocycles.